The van der Waals surface area contributed by atoms with Crippen molar-refractivity contribution in [1.82, 2.24) is 0 Å². The number of hydrogen-bond donors (Lipinski definition) is 2. The number of hydrogen-bond acceptors (Lipinski definition) is 2. The molecule has 0 heterocycles. The molecule has 0 atom stereocenters. The van der Waals surface area contributed by atoms with Gasteiger partial charge in [0.05, 0.1) is 0 Å². The van der Waals surface area contributed by atoms with Gasteiger partial charge < -0.3 is 10.6 Å². The number of rotatable bonds is 5. The molecular formula is C16H20N2. The molecule has 0 aliphatic rings. The van der Waals surface area contributed by atoms with Gasteiger partial charge in [-0.1, -0.05) is 36.4 Å². The van der Waals surface area contributed by atoms with Gasteiger partial charge in [0.1, 0.15) is 0 Å². The van der Waals surface area contributed by atoms with Gasteiger partial charge in [-0.3, -0.25) is 0 Å². The maximum atomic E-state index is 3.42. The van der Waals surface area contributed by atoms with E-state index in [2.05, 4.69) is 73.0 Å². The molecular weight excluding hydrogens is 220 g/mol. The van der Waals surface area contributed by atoms with Crippen LogP contribution in [0.5, 0.6) is 0 Å². The third-order valence-electron chi connectivity index (χ3n) is 2.88. The molecule has 0 saturated carbocycles. The molecule has 0 radical (unpaired) electrons. The molecule has 94 valence electrons. The van der Waals surface area contributed by atoms with E-state index < -0.39 is 0 Å². The monoisotopic (exact) mass is 240 g/mol. The maximum absolute atomic E-state index is 3.42. The van der Waals surface area contributed by atoms with Gasteiger partial charge in [0.2, 0.25) is 0 Å². The van der Waals surface area contributed by atoms with Crippen LogP contribution in [0.3, 0.4) is 0 Å². The zero-order valence-electron chi connectivity index (χ0n) is 11.0. The Balaban J connectivity index is 2.47. The maximum Gasteiger partial charge on any atom is 0.0420 e. The highest BCUT2D eigenvalue weighted by atomic mass is 14.9. The number of nitrogens with one attached hydrogen (secondary N) is 2. The fraction of sp³-hybridized carbons (Fsp3) is 0.250. The molecule has 2 nitrogen and oxygen atoms in total. The standard InChI is InChI=1S/C16H20N2/c1-3-17-15-11-7-5-9-13(15)14-10-6-8-12-16(14)18-4-2/h5-12,17-18H,3-4H2,1-2H3. The summed E-state index contributed by atoms with van der Waals surface area (Å²) in [6, 6.07) is 16.9. The lowest BCUT2D eigenvalue weighted by molar-refractivity contribution is 1.20. The van der Waals surface area contributed by atoms with Crippen molar-refractivity contribution in [2.24, 2.45) is 0 Å². The molecule has 0 aliphatic carbocycles. The molecule has 0 amide bonds. The Morgan fingerprint density at radius 1 is 0.667 bits per heavy atom. The highest BCUT2D eigenvalue weighted by Crippen LogP contribution is 2.33. The zero-order valence-corrected chi connectivity index (χ0v) is 11.0. The van der Waals surface area contributed by atoms with Crippen LogP contribution in [0.4, 0.5) is 11.4 Å². The van der Waals surface area contributed by atoms with Gasteiger partial charge >= 0.3 is 0 Å². The first-order valence-electron chi connectivity index (χ1n) is 6.53. The minimum absolute atomic E-state index is 0.931. The van der Waals surface area contributed by atoms with Gasteiger partial charge in [0.15, 0.2) is 0 Å². The zero-order chi connectivity index (χ0) is 12.8. The Hall–Kier alpha value is -1.96. The van der Waals surface area contributed by atoms with Crippen LogP contribution in [0, 0.1) is 0 Å². The van der Waals surface area contributed by atoms with Gasteiger partial charge in [-0.15, -0.1) is 0 Å². The molecule has 18 heavy (non-hydrogen) atoms. The van der Waals surface area contributed by atoms with Crippen molar-refractivity contribution < 1.29 is 0 Å². The Morgan fingerprint density at radius 3 is 1.44 bits per heavy atom. The van der Waals surface area contributed by atoms with Crippen LogP contribution in [-0.2, 0) is 0 Å². The quantitative estimate of drug-likeness (QED) is 0.817. The molecule has 2 rings (SSSR count). The molecule has 2 heteroatoms. The van der Waals surface area contributed by atoms with E-state index in [1.165, 1.54) is 22.5 Å². The lowest BCUT2D eigenvalue weighted by Crippen LogP contribution is -2.01. The first kappa shape index (κ1) is 12.5. The summed E-state index contributed by atoms with van der Waals surface area (Å²) in [6.45, 7) is 6.10. The Kier molecular flexibility index (Phi) is 4.24. The lowest BCUT2D eigenvalue weighted by Gasteiger charge is -2.15. The summed E-state index contributed by atoms with van der Waals surface area (Å²) < 4.78 is 0. The van der Waals surface area contributed by atoms with Crippen molar-refractivity contribution in [2.75, 3.05) is 23.7 Å². The van der Waals surface area contributed by atoms with E-state index in [9.17, 15) is 0 Å². The average molecular weight is 240 g/mol. The summed E-state index contributed by atoms with van der Waals surface area (Å²) in [5, 5.41) is 6.83. The summed E-state index contributed by atoms with van der Waals surface area (Å²) in [6.07, 6.45) is 0. The van der Waals surface area contributed by atoms with Crippen LogP contribution >= 0.6 is 0 Å². The van der Waals surface area contributed by atoms with E-state index in [1.807, 2.05) is 0 Å². The van der Waals surface area contributed by atoms with Crippen molar-refractivity contribution in [3.05, 3.63) is 48.5 Å². The van der Waals surface area contributed by atoms with Crippen LogP contribution < -0.4 is 10.6 Å². The second-order valence-corrected chi connectivity index (χ2v) is 4.15. The SMILES string of the molecule is CCNc1ccccc1-c1ccccc1NCC. The van der Waals surface area contributed by atoms with Crippen LogP contribution in [0.2, 0.25) is 0 Å². The van der Waals surface area contributed by atoms with Gasteiger partial charge in [0, 0.05) is 35.6 Å². The molecule has 2 N–H and O–H groups in total. The van der Waals surface area contributed by atoms with Gasteiger partial charge in [-0.05, 0) is 26.0 Å². The molecule has 0 aliphatic heterocycles. The lowest BCUT2D eigenvalue weighted by atomic mass is 10.0. The summed E-state index contributed by atoms with van der Waals surface area (Å²) in [7, 11) is 0. The molecule has 0 saturated heterocycles. The fourth-order valence-electron chi connectivity index (χ4n) is 2.13. The third kappa shape index (κ3) is 2.65. The second-order valence-electron chi connectivity index (χ2n) is 4.15. The smallest absolute Gasteiger partial charge is 0.0420 e. The fourth-order valence-corrected chi connectivity index (χ4v) is 2.13. The molecule has 0 bridgehead atoms. The van der Waals surface area contributed by atoms with Crippen LogP contribution in [0.1, 0.15) is 13.8 Å². The predicted molar refractivity (Wildman–Crippen MR) is 80.2 cm³/mol. The average Bonchev–Trinajstić information content (AvgIpc) is 2.41. The highest BCUT2D eigenvalue weighted by molar-refractivity contribution is 5.86. The normalized spacial score (nSPS) is 10.1. The minimum Gasteiger partial charge on any atom is -0.385 e. The summed E-state index contributed by atoms with van der Waals surface area (Å²) in [4.78, 5) is 0. The van der Waals surface area contributed by atoms with E-state index in [-0.39, 0.29) is 0 Å². The van der Waals surface area contributed by atoms with Crippen LogP contribution in [0.15, 0.2) is 48.5 Å². The molecule has 2 aromatic carbocycles. The predicted octanol–water partition coefficient (Wildman–Crippen LogP) is 4.22. The topological polar surface area (TPSA) is 24.1 Å². The van der Waals surface area contributed by atoms with E-state index in [0.29, 0.717) is 0 Å². The molecule has 0 unspecified atom stereocenters. The first-order valence-corrected chi connectivity index (χ1v) is 6.53. The Bertz CT molecular complexity index is 458. The summed E-state index contributed by atoms with van der Waals surface area (Å²) in [5.74, 6) is 0. The van der Waals surface area contributed by atoms with Crippen LogP contribution in [0.25, 0.3) is 11.1 Å². The summed E-state index contributed by atoms with van der Waals surface area (Å²) >= 11 is 0. The largest absolute Gasteiger partial charge is 0.385 e. The van der Waals surface area contributed by atoms with Crippen molar-refractivity contribution >= 4 is 11.4 Å². The van der Waals surface area contributed by atoms with Crippen molar-refractivity contribution in [2.45, 2.75) is 13.8 Å². The van der Waals surface area contributed by atoms with E-state index in [1.54, 1.807) is 0 Å². The Labute approximate surface area is 109 Å². The highest BCUT2D eigenvalue weighted by Gasteiger charge is 2.07. The van der Waals surface area contributed by atoms with Gasteiger partial charge in [0.25, 0.3) is 0 Å². The molecule has 0 aromatic heterocycles. The minimum atomic E-state index is 0.931. The van der Waals surface area contributed by atoms with Crippen LogP contribution in [-0.4, -0.2) is 13.1 Å². The van der Waals surface area contributed by atoms with Gasteiger partial charge in [-0.25, -0.2) is 0 Å². The van der Waals surface area contributed by atoms with E-state index in [4.69, 9.17) is 0 Å². The molecule has 2 aromatic rings. The van der Waals surface area contributed by atoms with E-state index in [0.717, 1.165) is 13.1 Å². The number of para-hydroxylation sites is 2. The number of benzene rings is 2. The Morgan fingerprint density at radius 2 is 1.06 bits per heavy atom. The summed E-state index contributed by atoms with van der Waals surface area (Å²) in [5.41, 5.74) is 4.86. The molecule has 0 fully saturated rings. The van der Waals surface area contributed by atoms with Crippen molar-refractivity contribution in [3.8, 4) is 11.1 Å². The van der Waals surface area contributed by atoms with Crippen molar-refractivity contribution in [3.63, 3.8) is 0 Å². The van der Waals surface area contributed by atoms with E-state index >= 15 is 0 Å². The second kappa shape index (κ2) is 6.10. The molecule has 0 spiro atoms. The number of anilines is 2. The van der Waals surface area contributed by atoms with Crippen molar-refractivity contribution in [1.29, 1.82) is 0 Å². The third-order valence-corrected chi connectivity index (χ3v) is 2.88. The first-order chi connectivity index (χ1) is 8.86. The van der Waals surface area contributed by atoms with Gasteiger partial charge in [-0.2, -0.15) is 0 Å².